The molecule has 8 nitrogen and oxygen atoms in total. The number of rotatable bonds is 7. The van der Waals surface area contributed by atoms with Crippen LogP contribution < -0.4 is 16.4 Å². The lowest BCUT2D eigenvalue weighted by Crippen LogP contribution is -2.19. The number of hydrogen-bond acceptors (Lipinski definition) is 5. The number of H-pyrrole nitrogens is 1. The molecule has 1 aromatic heterocycles. The zero-order valence-electron chi connectivity index (χ0n) is 19.1. The van der Waals surface area contributed by atoms with E-state index in [0.29, 0.717) is 28.1 Å². The number of benzene rings is 3. The molecule has 0 aliphatic heterocycles. The normalized spacial score (nSPS) is 11.5. The highest BCUT2D eigenvalue weighted by Crippen LogP contribution is 2.32. The number of amides is 2. The van der Waals surface area contributed by atoms with Gasteiger partial charge >= 0.3 is 6.18 Å². The zero-order chi connectivity index (χ0) is 25.9. The summed E-state index contributed by atoms with van der Waals surface area (Å²) < 4.78 is 45.3. The van der Waals surface area contributed by atoms with Crippen LogP contribution in [0, 0.1) is 0 Å². The summed E-state index contributed by atoms with van der Waals surface area (Å²) in [4.78, 5) is 33.5. The number of alkyl halides is 3. The number of anilines is 2. The van der Waals surface area contributed by atoms with Crippen molar-refractivity contribution in [3.8, 4) is 0 Å². The molecule has 36 heavy (non-hydrogen) atoms. The number of aromatic amines is 1. The van der Waals surface area contributed by atoms with Crippen LogP contribution in [0.1, 0.15) is 37.7 Å². The molecule has 0 bridgehead atoms. The maximum Gasteiger partial charge on any atom is 0.417 e. The molecule has 4 rings (SSSR count). The van der Waals surface area contributed by atoms with Gasteiger partial charge in [-0.25, -0.2) is 4.98 Å². The van der Waals surface area contributed by atoms with Gasteiger partial charge in [-0.2, -0.15) is 13.2 Å². The fourth-order valence-electron chi connectivity index (χ4n) is 3.76. The average molecular weight is 497 g/mol. The Morgan fingerprint density at radius 2 is 1.69 bits per heavy atom. The number of fused-ring (bicyclic) bond motifs is 1. The van der Waals surface area contributed by atoms with Gasteiger partial charge in [0, 0.05) is 25.0 Å². The predicted molar refractivity (Wildman–Crippen MR) is 128 cm³/mol. The summed E-state index contributed by atoms with van der Waals surface area (Å²) in [5.74, 6) is -1.09. The zero-order valence-corrected chi connectivity index (χ0v) is 19.1. The quantitative estimate of drug-likeness (QED) is 0.295. The second kappa shape index (κ2) is 10.2. The van der Waals surface area contributed by atoms with Gasteiger partial charge in [0.1, 0.15) is 17.9 Å². The summed E-state index contributed by atoms with van der Waals surface area (Å²) in [6.45, 7) is 0.327. The van der Waals surface area contributed by atoms with Crippen molar-refractivity contribution in [2.75, 3.05) is 17.7 Å². The Morgan fingerprint density at radius 3 is 2.42 bits per heavy atom. The van der Waals surface area contributed by atoms with E-state index in [1.807, 2.05) is 0 Å². The standard InChI is InChI=1S/C25H22F3N5O3/c1-36-13-21-31-20-11-15(30-23(34)16-7-3-4-8-18(16)25(26,27)28)10-17(22(20)33-21)24(35)32-19-9-5-2-6-14(19)12-29/h2-11H,12-13,29H2,1H3,(H,30,34)(H,31,33)(H,32,35). The third-order valence-electron chi connectivity index (χ3n) is 5.38. The Kier molecular flexibility index (Phi) is 7.04. The van der Waals surface area contributed by atoms with Crippen molar-refractivity contribution in [1.82, 2.24) is 9.97 Å². The second-order valence-corrected chi connectivity index (χ2v) is 7.85. The van der Waals surface area contributed by atoms with Crippen molar-refractivity contribution in [3.05, 3.63) is 88.7 Å². The number of carbonyl (C=O) groups excluding carboxylic acids is 2. The number of nitrogens with one attached hydrogen (secondary N) is 3. The molecule has 5 N–H and O–H groups in total. The fourth-order valence-corrected chi connectivity index (χ4v) is 3.76. The number of ether oxygens (including phenoxy) is 1. The number of nitrogens with zero attached hydrogens (tertiary/aromatic N) is 1. The lowest BCUT2D eigenvalue weighted by Gasteiger charge is -2.14. The number of aromatic nitrogens is 2. The van der Waals surface area contributed by atoms with Crippen LogP contribution in [0.5, 0.6) is 0 Å². The average Bonchev–Trinajstić information content (AvgIpc) is 3.26. The summed E-state index contributed by atoms with van der Waals surface area (Å²) in [5, 5.41) is 5.25. The second-order valence-electron chi connectivity index (χ2n) is 7.85. The monoisotopic (exact) mass is 497 g/mol. The molecule has 0 saturated carbocycles. The van der Waals surface area contributed by atoms with Crippen LogP contribution in [0.2, 0.25) is 0 Å². The van der Waals surface area contributed by atoms with E-state index in [9.17, 15) is 22.8 Å². The first-order chi connectivity index (χ1) is 17.2. The minimum Gasteiger partial charge on any atom is -0.377 e. The van der Waals surface area contributed by atoms with Gasteiger partial charge in [0.15, 0.2) is 0 Å². The van der Waals surface area contributed by atoms with Gasteiger partial charge in [0.2, 0.25) is 0 Å². The molecule has 1 heterocycles. The van der Waals surface area contributed by atoms with E-state index >= 15 is 0 Å². The Balaban J connectivity index is 1.73. The number of nitrogens with two attached hydrogens (primary N) is 1. The van der Waals surface area contributed by atoms with Gasteiger partial charge < -0.3 is 26.1 Å². The predicted octanol–water partition coefficient (Wildman–Crippen LogP) is 4.69. The van der Waals surface area contributed by atoms with Crippen molar-refractivity contribution in [3.63, 3.8) is 0 Å². The van der Waals surface area contributed by atoms with Gasteiger partial charge in [0.05, 0.1) is 22.2 Å². The first kappa shape index (κ1) is 24.9. The van der Waals surface area contributed by atoms with E-state index < -0.39 is 29.1 Å². The molecule has 0 atom stereocenters. The first-order valence-electron chi connectivity index (χ1n) is 10.8. The van der Waals surface area contributed by atoms with E-state index in [1.54, 1.807) is 24.3 Å². The summed E-state index contributed by atoms with van der Waals surface area (Å²) in [6.07, 6.45) is -4.71. The molecule has 0 radical (unpaired) electrons. The highest BCUT2D eigenvalue weighted by molar-refractivity contribution is 6.14. The van der Waals surface area contributed by atoms with Crippen LogP contribution in [0.25, 0.3) is 11.0 Å². The van der Waals surface area contributed by atoms with Gasteiger partial charge in [-0.15, -0.1) is 0 Å². The van der Waals surface area contributed by atoms with Crippen molar-refractivity contribution in [1.29, 1.82) is 0 Å². The van der Waals surface area contributed by atoms with E-state index in [0.717, 1.165) is 12.1 Å². The lowest BCUT2D eigenvalue weighted by atomic mass is 10.1. The third kappa shape index (κ3) is 5.21. The molecular weight excluding hydrogens is 475 g/mol. The van der Waals surface area contributed by atoms with Crippen molar-refractivity contribution in [2.24, 2.45) is 5.73 Å². The molecular formula is C25H22F3N5O3. The topological polar surface area (TPSA) is 122 Å². The van der Waals surface area contributed by atoms with Crippen LogP contribution in [0.15, 0.2) is 60.7 Å². The maximum absolute atomic E-state index is 13.4. The molecule has 0 unspecified atom stereocenters. The van der Waals surface area contributed by atoms with Gasteiger partial charge in [-0.3, -0.25) is 9.59 Å². The number of imidazole rings is 1. The molecule has 3 aromatic carbocycles. The summed E-state index contributed by atoms with van der Waals surface area (Å²) in [5.41, 5.74) is 6.25. The van der Waals surface area contributed by atoms with E-state index in [-0.39, 0.29) is 24.4 Å². The third-order valence-corrected chi connectivity index (χ3v) is 5.38. The molecule has 0 aliphatic rings. The summed E-state index contributed by atoms with van der Waals surface area (Å²) in [7, 11) is 1.48. The molecule has 11 heteroatoms. The van der Waals surface area contributed by atoms with Crippen LogP contribution in [-0.2, 0) is 24.1 Å². The molecule has 0 fully saturated rings. The smallest absolute Gasteiger partial charge is 0.377 e. The molecule has 4 aromatic rings. The van der Waals surface area contributed by atoms with E-state index in [4.69, 9.17) is 10.5 Å². The van der Waals surface area contributed by atoms with Gasteiger partial charge in [-0.1, -0.05) is 30.3 Å². The summed E-state index contributed by atoms with van der Waals surface area (Å²) in [6, 6.07) is 14.3. The molecule has 186 valence electrons. The Morgan fingerprint density at radius 1 is 1.00 bits per heavy atom. The first-order valence-corrected chi connectivity index (χ1v) is 10.8. The number of para-hydroxylation sites is 1. The van der Waals surface area contributed by atoms with Crippen molar-refractivity contribution >= 4 is 34.2 Å². The van der Waals surface area contributed by atoms with E-state index in [2.05, 4.69) is 20.6 Å². The van der Waals surface area contributed by atoms with Crippen LogP contribution in [0.4, 0.5) is 24.5 Å². The van der Waals surface area contributed by atoms with Crippen LogP contribution in [-0.4, -0.2) is 28.9 Å². The molecule has 2 amide bonds. The van der Waals surface area contributed by atoms with Crippen LogP contribution >= 0.6 is 0 Å². The number of hydrogen-bond donors (Lipinski definition) is 4. The fraction of sp³-hybridized carbons (Fsp3) is 0.160. The Bertz CT molecular complexity index is 1430. The largest absolute Gasteiger partial charge is 0.417 e. The maximum atomic E-state index is 13.4. The number of methoxy groups -OCH3 is 1. The molecule has 0 saturated heterocycles. The minimum absolute atomic E-state index is 0.0948. The highest BCUT2D eigenvalue weighted by atomic mass is 19.4. The van der Waals surface area contributed by atoms with Crippen LogP contribution in [0.3, 0.4) is 0 Å². The highest BCUT2D eigenvalue weighted by Gasteiger charge is 2.35. The number of carbonyl (C=O) groups is 2. The summed E-state index contributed by atoms with van der Waals surface area (Å²) >= 11 is 0. The Labute approximate surface area is 203 Å². The number of halogens is 3. The van der Waals surface area contributed by atoms with Crippen molar-refractivity contribution < 1.29 is 27.5 Å². The van der Waals surface area contributed by atoms with Gasteiger partial charge in [-0.05, 0) is 35.9 Å². The Hall–Kier alpha value is -4.22. The van der Waals surface area contributed by atoms with Gasteiger partial charge in [0.25, 0.3) is 11.8 Å². The molecule has 0 spiro atoms. The van der Waals surface area contributed by atoms with Crippen molar-refractivity contribution in [2.45, 2.75) is 19.3 Å². The minimum atomic E-state index is -4.71. The lowest BCUT2D eigenvalue weighted by molar-refractivity contribution is -0.137. The van der Waals surface area contributed by atoms with E-state index in [1.165, 1.54) is 31.4 Å². The SMILES string of the molecule is COCc1nc2c(C(=O)Nc3ccccc3CN)cc(NC(=O)c3ccccc3C(F)(F)F)cc2[nH]1. The molecule has 0 aliphatic carbocycles.